The van der Waals surface area contributed by atoms with Crippen molar-refractivity contribution >= 4 is 11.8 Å². The van der Waals surface area contributed by atoms with Crippen LogP contribution in [0.5, 0.6) is 6.01 Å². The fraction of sp³-hybridized carbons (Fsp3) is 0.600. The maximum Gasteiger partial charge on any atom is 0.316 e. The molecule has 0 aromatic carbocycles. The van der Waals surface area contributed by atoms with E-state index in [1.165, 1.54) is 0 Å². The predicted octanol–water partition coefficient (Wildman–Crippen LogP) is 2.47. The van der Waals surface area contributed by atoms with Gasteiger partial charge in [-0.15, -0.1) is 0 Å². The molecule has 1 atom stereocenters. The minimum Gasteiger partial charge on any atom is -0.467 e. The monoisotopic (exact) mass is 212 g/mol. The van der Waals surface area contributed by atoms with Gasteiger partial charge in [0.1, 0.15) is 0 Å². The number of hydrogen-bond acceptors (Lipinski definition) is 4. The molecule has 0 spiro atoms. The average molecular weight is 212 g/mol. The molecule has 78 valence electrons. The lowest BCUT2D eigenvalue weighted by molar-refractivity contribution is 0.378. The summed E-state index contributed by atoms with van der Waals surface area (Å²) in [4.78, 5) is 8.23. The summed E-state index contributed by atoms with van der Waals surface area (Å²) in [5, 5.41) is 0. The van der Waals surface area contributed by atoms with Crippen LogP contribution in [0.1, 0.15) is 25.8 Å². The van der Waals surface area contributed by atoms with Crippen molar-refractivity contribution in [1.29, 1.82) is 0 Å². The lowest BCUT2D eigenvalue weighted by Gasteiger charge is -2.25. The van der Waals surface area contributed by atoms with Gasteiger partial charge in [-0.2, -0.15) is 11.8 Å². The van der Waals surface area contributed by atoms with Gasteiger partial charge in [0, 0.05) is 22.7 Å². The van der Waals surface area contributed by atoms with Crippen LogP contribution < -0.4 is 4.74 Å². The number of rotatable bonds is 4. The third kappa shape index (κ3) is 2.18. The van der Waals surface area contributed by atoms with Crippen molar-refractivity contribution in [3.63, 3.8) is 0 Å². The van der Waals surface area contributed by atoms with Gasteiger partial charge in [-0.3, -0.25) is 0 Å². The second-order valence-corrected chi connectivity index (χ2v) is 4.56. The van der Waals surface area contributed by atoms with Crippen LogP contribution in [-0.2, 0) is 4.75 Å². The molecule has 1 unspecified atom stereocenters. The highest BCUT2D eigenvalue weighted by molar-refractivity contribution is 7.99. The number of ether oxygens (including phenoxy) is 1. The van der Waals surface area contributed by atoms with Crippen molar-refractivity contribution in [1.82, 2.24) is 9.97 Å². The summed E-state index contributed by atoms with van der Waals surface area (Å²) in [5.41, 5.74) is 1.15. The highest BCUT2D eigenvalue weighted by Crippen LogP contribution is 2.36. The zero-order valence-corrected chi connectivity index (χ0v) is 9.89. The van der Waals surface area contributed by atoms with Crippen molar-refractivity contribution in [2.24, 2.45) is 0 Å². The van der Waals surface area contributed by atoms with Gasteiger partial charge in [-0.1, -0.05) is 6.92 Å². The zero-order valence-electron chi connectivity index (χ0n) is 9.07. The Morgan fingerprint density at radius 2 is 2.00 bits per heavy atom. The maximum atomic E-state index is 4.92. The molecule has 1 aromatic heterocycles. The third-order valence-electron chi connectivity index (χ3n) is 2.55. The molecule has 1 heterocycles. The van der Waals surface area contributed by atoms with E-state index in [1.807, 2.05) is 24.2 Å². The maximum absolute atomic E-state index is 4.92. The van der Waals surface area contributed by atoms with Crippen molar-refractivity contribution in [3.05, 3.63) is 18.0 Å². The van der Waals surface area contributed by atoms with E-state index in [4.69, 9.17) is 4.74 Å². The van der Waals surface area contributed by atoms with E-state index in [0.29, 0.717) is 6.01 Å². The Kier molecular flexibility index (Phi) is 3.75. The molecular formula is C10H16N2OS. The first-order valence-corrected chi connectivity index (χ1v) is 5.80. The quantitative estimate of drug-likeness (QED) is 0.768. The topological polar surface area (TPSA) is 35.0 Å². The average Bonchev–Trinajstić information content (AvgIpc) is 2.28. The van der Waals surface area contributed by atoms with Crippen LogP contribution in [0.25, 0.3) is 0 Å². The summed E-state index contributed by atoms with van der Waals surface area (Å²) in [6, 6.07) is 0.424. The van der Waals surface area contributed by atoms with E-state index in [-0.39, 0.29) is 4.75 Å². The van der Waals surface area contributed by atoms with Crippen LogP contribution in [-0.4, -0.2) is 23.3 Å². The summed E-state index contributed by atoms with van der Waals surface area (Å²) in [5.74, 6) is 0. The Hall–Kier alpha value is -0.770. The van der Waals surface area contributed by atoms with Crippen LogP contribution in [0.3, 0.4) is 0 Å². The van der Waals surface area contributed by atoms with Crippen LogP contribution >= 0.6 is 11.8 Å². The second-order valence-electron chi connectivity index (χ2n) is 3.25. The van der Waals surface area contributed by atoms with Crippen LogP contribution in [0.2, 0.25) is 0 Å². The standard InChI is InChI=1S/C10H16N2OS/c1-5-10(2,14-4)8-6-11-9(13-3)12-7-8/h6-7H,5H2,1-4H3. The Bertz CT molecular complexity index is 283. The van der Waals surface area contributed by atoms with E-state index in [2.05, 4.69) is 30.1 Å². The summed E-state index contributed by atoms with van der Waals surface area (Å²) in [6.45, 7) is 4.36. The Morgan fingerprint density at radius 1 is 1.43 bits per heavy atom. The largest absolute Gasteiger partial charge is 0.467 e. The number of aromatic nitrogens is 2. The van der Waals surface area contributed by atoms with Crippen molar-refractivity contribution in [2.75, 3.05) is 13.4 Å². The SMILES string of the molecule is CCC(C)(SC)c1cnc(OC)nc1. The minimum atomic E-state index is 0.103. The Morgan fingerprint density at radius 3 is 2.36 bits per heavy atom. The van der Waals surface area contributed by atoms with E-state index < -0.39 is 0 Å². The molecule has 0 amide bonds. The van der Waals surface area contributed by atoms with Crippen molar-refractivity contribution in [2.45, 2.75) is 25.0 Å². The molecule has 4 heteroatoms. The van der Waals surface area contributed by atoms with Crippen LogP contribution in [0, 0.1) is 0 Å². The number of thioether (sulfide) groups is 1. The normalized spacial score (nSPS) is 14.9. The highest BCUT2D eigenvalue weighted by atomic mass is 32.2. The molecule has 0 N–H and O–H groups in total. The second kappa shape index (κ2) is 4.64. The Labute approximate surface area is 89.3 Å². The zero-order chi connectivity index (χ0) is 10.6. The molecular weight excluding hydrogens is 196 g/mol. The molecule has 0 saturated heterocycles. The van der Waals surface area contributed by atoms with Gasteiger partial charge in [0.25, 0.3) is 0 Å². The summed E-state index contributed by atoms with van der Waals surface area (Å²) in [7, 11) is 1.57. The lowest BCUT2D eigenvalue weighted by atomic mass is 10.0. The van der Waals surface area contributed by atoms with Gasteiger partial charge in [-0.05, 0) is 19.6 Å². The highest BCUT2D eigenvalue weighted by Gasteiger charge is 2.23. The van der Waals surface area contributed by atoms with E-state index in [1.54, 1.807) is 7.11 Å². The minimum absolute atomic E-state index is 0.103. The molecule has 0 aliphatic heterocycles. The van der Waals surface area contributed by atoms with Gasteiger partial charge in [0.2, 0.25) is 0 Å². The molecule has 0 radical (unpaired) electrons. The fourth-order valence-electron chi connectivity index (χ4n) is 1.16. The van der Waals surface area contributed by atoms with E-state index in [9.17, 15) is 0 Å². The molecule has 0 fully saturated rings. The van der Waals surface area contributed by atoms with Crippen LogP contribution in [0.15, 0.2) is 12.4 Å². The fourth-order valence-corrected chi connectivity index (χ4v) is 1.79. The number of methoxy groups -OCH3 is 1. The van der Waals surface area contributed by atoms with Crippen molar-refractivity contribution in [3.8, 4) is 6.01 Å². The summed E-state index contributed by atoms with van der Waals surface area (Å²) >= 11 is 1.82. The molecule has 0 aliphatic rings. The van der Waals surface area contributed by atoms with E-state index >= 15 is 0 Å². The van der Waals surface area contributed by atoms with Crippen molar-refractivity contribution < 1.29 is 4.74 Å². The van der Waals surface area contributed by atoms with Gasteiger partial charge in [0.15, 0.2) is 0 Å². The van der Waals surface area contributed by atoms with Gasteiger partial charge in [0.05, 0.1) is 7.11 Å². The number of nitrogens with zero attached hydrogens (tertiary/aromatic N) is 2. The molecule has 1 rings (SSSR count). The molecule has 0 aliphatic carbocycles. The molecule has 1 aromatic rings. The van der Waals surface area contributed by atoms with Gasteiger partial charge < -0.3 is 4.74 Å². The third-order valence-corrected chi connectivity index (χ3v) is 3.97. The summed E-state index contributed by atoms with van der Waals surface area (Å²) in [6.07, 6.45) is 6.84. The number of hydrogen-bond donors (Lipinski definition) is 0. The molecule has 0 saturated carbocycles. The molecule has 0 bridgehead atoms. The molecule has 14 heavy (non-hydrogen) atoms. The first kappa shape index (κ1) is 11.3. The van der Waals surface area contributed by atoms with Gasteiger partial charge >= 0.3 is 6.01 Å². The van der Waals surface area contributed by atoms with Gasteiger partial charge in [-0.25, -0.2) is 9.97 Å². The van der Waals surface area contributed by atoms with E-state index in [0.717, 1.165) is 12.0 Å². The lowest BCUT2D eigenvalue weighted by Crippen LogP contribution is -2.16. The molecule has 3 nitrogen and oxygen atoms in total. The first-order chi connectivity index (χ1) is 6.66. The predicted molar refractivity (Wildman–Crippen MR) is 59.7 cm³/mol. The first-order valence-electron chi connectivity index (χ1n) is 4.58. The smallest absolute Gasteiger partial charge is 0.316 e. The summed E-state index contributed by atoms with van der Waals surface area (Å²) < 4.78 is 5.02. The Balaban J connectivity index is 2.95. The van der Waals surface area contributed by atoms with Crippen LogP contribution in [0.4, 0.5) is 0 Å².